The van der Waals surface area contributed by atoms with Gasteiger partial charge in [0, 0.05) is 36.9 Å². The van der Waals surface area contributed by atoms with E-state index in [2.05, 4.69) is 25.2 Å². The first-order chi connectivity index (χ1) is 13.9. The first kappa shape index (κ1) is 18.9. The third-order valence-electron chi connectivity index (χ3n) is 4.80. The molecule has 3 heterocycles. The summed E-state index contributed by atoms with van der Waals surface area (Å²) in [5.74, 6) is 0.402. The minimum absolute atomic E-state index is 0.0194. The minimum atomic E-state index is -0.507. The van der Waals surface area contributed by atoms with Gasteiger partial charge in [-0.1, -0.05) is 0 Å². The summed E-state index contributed by atoms with van der Waals surface area (Å²) in [6.45, 7) is 3.65. The first-order valence-corrected chi connectivity index (χ1v) is 9.89. The number of anilines is 3. The molecule has 2 aromatic heterocycles. The van der Waals surface area contributed by atoms with Crippen molar-refractivity contribution in [2.45, 2.75) is 13.0 Å². The molecule has 10 nitrogen and oxygen atoms in total. The second-order valence-electron chi connectivity index (χ2n) is 6.77. The lowest BCUT2D eigenvalue weighted by atomic mass is 10.2. The third kappa shape index (κ3) is 3.76. The lowest BCUT2D eigenvalue weighted by molar-refractivity contribution is 0.100. The summed E-state index contributed by atoms with van der Waals surface area (Å²) in [5, 5.41) is 2.85. The van der Waals surface area contributed by atoms with Crippen molar-refractivity contribution in [3.05, 3.63) is 35.3 Å². The number of piperazine rings is 1. The molecule has 0 aliphatic carbocycles. The van der Waals surface area contributed by atoms with Crippen LogP contribution in [0.2, 0.25) is 0 Å². The molecule has 1 unspecified atom stereocenters. The van der Waals surface area contributed by atoms with E-state index >= 15 is 0 Å². The molecule has 1 fully saturated rings. The number of thiazole rings is 1. The zero-order chi connectivity index (χ0) is 20.5. The van der Waals surface area contributed by atoms with Gasteiger partial charge < -0.3 is 26.6 Å². The minimum Gasteiger partial charge on any atom is -0.368 e. The number of amides is 3. The predicted molar refractivity (Wildman–Crippen MR) is 112 cm³/mol. The van der Waals surface area contributed by atoms with E-state index < -0.39 is 5.91 Å². The number of urea groups is 1. The number of carbonyl (C=O) groups excluding carboxylic acids is 2. The smallest absolute Gasteiger partial charge is 0.321 e. The Hall–Kier alpha value is -3.47. The molecule has 0 bridgehead atoms. The average molecular weight is 412 g/mol. The molecule has 0 radical (unpaired) electrons. The molecule has 1 aliphatic rings. The van der Waals surface area contributed by atoms with Gasteiger partial charge in [-0.05, 0) is 31.2 Å². The van der Waals surface area contributed by atoms with Crippen LogP contribution in [0.3, 0.4) is 0 Å². The number of hydrogen-bond donors (Lipinski definition) is 3. The zero-order valence-corrected chi connectivity index (χ0v) is 16.5. The molecule has 1 saturated heterocycles. The highest BCUT2D eigenvalue weighted by Crippen LogP contribution is 2.28. The molecular weight excluding hydrogens is 392 g/mol. The molecule has 3 amide bonds. The molecule has 29 heavy (non-hydrogen) atoms. The Labute approximate surface area is 170 Å². The Morgan fingerprint density at radius 1 is 1.21 bits per heavy atom. The number of benzene rings is 1. The maximum Gasteiger partial charge on any atom is 0.321 e. The van der Waals surface area contributed by atoms with E-state index in [-0.39, 0.29) is 18.0 Å². The second-order valence-corrected chi connectivity index (χ2v) is 7.60. The molecule has 1 aromatic carbocycles. The molecular formula is C18H20N8O2S. The summed E-state index contributed by atoms with van der Waals surface area (Å²) < 4.78 is 0. The number of nitrogen functional groups attached to an aromatic ring is 1. The van der Waals surface area contributed by atoms with Gasteiger partial charge in [0.05, 0.1) is 5.51 Å². The number of carbonyl (C=O) groups is 2. The van der Waals surface area contributed by atoms with E-state index in [9.17, 15) is 9.59 Å². The van der Waals surface area contributed by atoms with Crippen molar-refractivity contribution in [1.29, 1.82) is 0 Å². The van der Waals surface area contributed by atoms with E-state index in [0.717, 1.165) is 10.3 Å². The molecule has 11 heteroatoms. The van der Waals surface area contributed by atoms with Gasteiger partial charge >= 0.3 is 6.03 Å². The number of rotatable bonds is 3. The highest BCUT2D eigenvalue weighted by Gasteiger charge is 2.29. The molecule has 150 valence electrons. The van der Waals surface area contributed by atoms with Gasteiger partial charge in [-0.2, -0.15) is 4.98 Å². The molecule has 1 atom stereocenters. The van der Waals surface area contributed by atoms with Gasteiger partial charge in [-0.25, -0.2) is 14.8 Å². The standard InChI is InChI=1S/C18H20N8O2S/c1-10-8-25(18(28)22-12-4-2-11(3-5-12)14(19)27)6-7-26(10)15-13-16(29-9-21-13)24-17(20)23-15/h2-5,9-10H,6-8H2,1H3,(H2,19,27)(H,22,28)(H2,20,23,24). The number of nitrogens with zero attached hydrogens (tertiary/aromatic N) is 5. The fourth-order valence-electron chi connectivity index (χ4n) is 3.34. The Balaban J connectivity index is 1.45. The van der Waals surface area contributed by atoms with Crippen LogP contribution in [-0.2, 0) is 0 Å². The zero-order valence-electron chi connectivity index (χ0n) is 15.7. The van der Waals surface area contributed by atoms with E-state index in [1.54, 1.807) is 34.7 Å². The highest BCUT2D eigenvalue weighted by atomic mass is 32.1. The summed E-state index contributed by atoms with van der Waals surface area (Å²) in [6.07, 6.45) is 0. The average Bonchev–Trinajstić information content (AvgIpc) is 3.16. The number of hydrogen-bond acceptors (Lipinski definition) is 8. The molecule has 0 spiro atoms. The van der Waals surface area contributed by atoms with Crippen LogP contribution in [0.15, 0.2) is 29.8 Å². The van der Waals surface area contributed by atoms with Gasteiger partial charge in [0.15, 0.2) is 10.6 Å². The molecule has 3 aromatic rings. The Morgan fingerprint density at radius 3 is 2.66 bits per heavy atom. The quantitative estimate of drug-likeness (QED) is 0.591. The maximum absolute atomic E-state index is 12.6. The summed E-state index contributed by atoms with van der Waals surface area (Å²) in [4.78, 5) is 41.4. The van der Waals surface area contributed by atoms with Crippen molar-refractivity contribution in [3.8, 4) is 0 Å². The SMILES string of the molecule is CC1CN(C(=O)Nc2ccc(C(N)=O)cc2)CCN1c1nc(N)nc2scnc12. The normalized spacial score (nSPS) is 16.8. The lowest BCUT2D eigenvalue weighted by Crippen LogP contribution is -2.55. The fourth-order valence-corrected chi connectivity index (χ4v) is 4.00. The van der Waals surface area contributed by atoms with E-state index in [0.29, 0.717) is 36.7 Å². The van der Waals surface area contributed by atoms with Gasteiger partial charge in [0.25, 0.3) is 0 Å². The van der Waals surface area contributed by atoms with Crippen LogP contribution in [-0.4, -0.2) is 57.5 Å². The van der Waals surface area contributed by atoms with Crippen molar-refractivity contribution in [2.75, 3.05) is 35.6 Å². The van der Waals surface area contributed by atoms with Gasteiger partial charge in [0.2, 0.25) is 11.9 Å². The predicted octanol–water partition coefficient (Wildman–Crippen LogP) is 1.51. The van der Waals surface area contributed by atoms with Crippen LogP contribution in [0.25, 0.3) is 10.3 Å². The molecule has 1 aliphatic heterocycles. The van der Waals surface area contributed by atoms with Gasteiger partial charge in [-0.3, -0.25) is 4.79 Å². The maximum atomic E-state index is 12.6. The van der Waals surface area contributed by atoms with Gasteiger partial charge in [0.1, 0.15) is 5.52 Å². The largest absolute Gasteiger partial charge is 0.368 e. The second kappa shape index (κ2) is 7.51. The van der Waals surface area contributed by atoms with Crippen molar-refractivity contribution in [1.82, 2.24) is 19.9 Å². The van der Waals surface area contributed by atoms with E-state index in [1.807, 2.05) is 6.92 Å². The fraction of sp³-hybridized carbons (Fsp3) is 0.278. The molecule has 4 rings (SSSR count). The van der Waals surface area contributed by atoms with Crippen LogP contribution in [0.1, 0.15) is 17.3 Å². The lowest BCUT2D eigenvalue weighted by Gasteiger charge is -2.40. The first-order valence-electron chi connectivity index (χ1n) is 9.01. The van der Waals surface area contributed by atoms with Crippen LogP contribution in [0.5, 0.6) is 0 Å². The number of nitrogens with one attached hydrogen (secondary N) is 1. The number of fused-ring (bicyclic) bond motifs is 1. The number of nitrogens with two attached hydrogens (primary N) is 2. The highest BCUT2D eigenvalue weighted by molar-refractivity contribution is 7.16. The Morgan fingerprint density at radius 2 is 1.97 bits per heavy atom. The van der Waals surface area contributed by atoms with Gasteiger partial charge in [-0.15, -0.1) is 11.3 Å². The van der Waals surface area contributed by atoms with Crippen molar-refractivity contribution < 1.29 is 9.59 Å². The van der Waals surface area contributed by atoms with Crippen molar-refractivity contribution in [3.63, 3.8) is 0 Å². The van der Waals surface area contributed by atoms with Crippen LogP contribution < -0.4 is 21.7 Å². The van der Waals surface area contributed by atoms with Crippen molar-refractivity contribution >= 4 is 51.1 Å². The summed E-state index contributed by atoms with van der Waals surface area (Å²) in [7, 11) is 0. The van der Waals surface area contributed by atoms with Crippen LogP contribution >= 0.6 is 11.3 Å². The van der Waals surface area contributed by atoms with E-state index in [4.69, 9.17) is 11.5 Å². The van der Waals surface area contributed by atoms with Crippen LogP contribution in [0, 0.1) is 0 Å². The molecule has 5 N–H and O–H groups in total. The third-order valence-corrected chi connectivity index (χ3v) is 5.52. The summed E-state index contributed by atoms with van der Waals surface area (Å²) in [5.41, 5.74) is 14.5. The van der Waals surface area contributed by atoms with E-state index in [1.165, 1.54) is 11.3 Å². The summed E-state index contributed by atoms with van der Waals surface area (Å²) in [6, 6.07) is 6.28. The molecule has 0 saturated carbocycles. The number of aromatic nitrogens is 3. The number of primary amides is 1. The topological polar surface area (TPSA) is 143 Å². The summed E-state index contributed by atoms with van der Waals surface area (Å²) >= 11 is 1.42. The Kier molecular flexibility index (Phi) is 4.89. The Bertz CT molecular complexity index is 1070. The van der Waals surface area contributed by atoms with Crippen LogP contribution in [0.4, 0.5) is 22.2 Å². The monoisotopic (exact) mass is 412 g/mol. The van der Waals surface area contributed by atoms with Crippen molar-refractivity contribution in [2.24, 2.45) is 5.73 Å².